The Morgan fingerprint density at radius 3 is 2.63 bits per heavy atom. The Hall–Kier alpha value is -1.80. The maximum Gasteiger partial charge on any atom is 0.305 e. The monoisotopic (exact) mass is 266 g/mol. The van der Waals surface area contributed by atoms with Crippen LogP contribution in [0.1, 0.15) is 12.8 Å². The van der Waals surface area contributed by atoms with Crippen molar-refractivity contribution < 1.29 is 14.4 Å². The number of rotatable bonds is 2. The number of ether oxygens (including phenoxy) is 2. The van der Waals surface area contributed by atoms with Crippen molar-refractivity contribution in [3.8, 4) is 0 Å². The summed E-state index contributed by atoms with van der Waals surface area (Å²) in [6, 6.07) is 0. The van der Waals surface area contributed by atoms with Gasteiger partial charge >= 0.3 is 5.69 Å². The first-order valence-corrected chi connectivity index (χ1v) is 6.18. The molecule has 3 rings (SSSR count). The van der Waals surface area contributed by atoms with E-state index in [1.54, 1.807) is 0 Å². The van der Waals surface area contributed by atoms with Crippen LogP contribution in [0.25, 0.3) is 0 Å². The fraction of sp³-hybridized carbons (Fsp3) is 0.636. The standard InChI is InChI=1S/C11H14N4O4/c16-15(17)9-6-12-10(13-7-9)14-3-1-2-11(8-14)18-4-5-19-11/h6-7H,1-5,8H2. The van der Waals surface area contributed by atoms with Crippen LogP contribution in [-0.2, 0) is 9.47 Å². The normalized spacial score (nSPS) is 21.8. The number of piperidine rings is 1. The summed E-state index contributed by atoms with van der Waals surface area (Å²) in [5.41, 5.74) is -0.108. The van der Waals surface area contributed by atoms with Crippen molar-refractivity contribution in [1.82, 2.24) is 9.97 Å². The number of hydrogen-bond donors (Lipinski definition) is 0. The van der Waals surface area contributed by atoms with Gasteiger partial charge in [0.15, 0.2) is 5.79 Å². The van der Waals surface area contributed by atoms with E-state index in [1.165, 1.54) is 12.4 Å². The topological polar surface area (TPSA) is 90.6 Å². The number of anilines is 1. The van der Waals surface area contributed by atoms with Crippen LogP contribution in [0.4, 0.5) is 11.6 Å². The second kappa shape index (κ2) is 4.71. The Balaban J connectivity index is 1.76. The summed E-state index contributed by atoms with van der Waals surface area (Å²) in [4.78, 5) is 20.1. The molecule has 0 radical (unpaired) electrons. The third kappa shape index (κ3) is 2.36. The van der Waals surface area contributed by atoms with Crippen LogP contribution in [0.3, 0.4) is 0 Å². The van der Waals surface area contributed by atoms with Gasteiger partial charge in [0.1, 0.15) is 12.4 Å². The molecule has 8 nitrogen and oxygen atoms in total. The van der Waals surface area contributed by atoms with Gasteiger partial charge in [-0.2, -0.15) is 0 Å². The molecule has 2 aliphatic heterocycles. The van der Waals surface area contributed by atoms with Crippen LogP contribution in [0.15, 0.2) is 12.4 Å². The minimum atomic E-state index is -0.552. The zero-order valence-corrected chi connectivity index (χ0v) is 10.3. The average molecular weight is 266 g/mol. The molecule has 0 N–H and O–H groups in total. The highest BCUT2D eigenvalue weighted by Gasteiger charge is 2.41. The van der Waals surface area contributed by atoms with Gasteiger partial charge in [0, 0.05) is 13.0 Å². The second-order valence-electron chi connectivity index (χ2n) is 4.63. The molecule has 19 heavy (non-hydrogen) atoms. The SMILES string of the molecule is O=[N+]([O-])c1cnc(N2CCCC3(C2)OCCO3)nc1. The molecule has 1 aromatic rings. The molecule has 2 aliphatic rings. The molecule has 2 saturated heterocycles. The zero-order valence-electron chi connectivity index (χ0n) is 10.3. The van der Waals surface area contributed by atoms with Crippen molar-refractivity contribution in [2.75, 3.05) is 31.2 Å². The average Bonchev–Trinajstić information content (AvgIpc) is 2.87. The van der Waals surface area contributed by atoms with E-state index in [-0.39, 0.29) is 5.69 Å². The highest BCUT2D eigenvalue weighted by Crippen LogP contribution is 2.31. The van der Waals surface area contributed by atoms with Gasteiger partial charge in [-0.15, -0.1) is 0 Å². The van der Waals surface area contributed by atoms with Gasteiger partial charge in [-0.05, 0) is 6.42 Å². The fourth-order valence-electron chi connectivity index (χ4n) is 2.46. The van der Waals surface area contributed by atoms with Crippen molar-refractivity contribution in [2.24, 2.45) is 0 Å². The van der Waals surface area contributed by atoms with Crippen LogP contribution in [-0.4, -0.2) is 47.0 Å². The lowest BCUT2D eigenvalue weighted by Gasteiger charge is -2.38. The van der Waals surface area contributed by atoms with E-state index in [2.05, 4.69) is 9.97 Å². The fourth-order valence-corrected chi connectivity index (χ4v) is 2.46. The van der Waals surface area contributed by atoms with Crippen LogP contribution in [0.2, 0.25) is 0 Å². The Morgan fingerprint density at radius 2 is 2.00 bits per heavy atom. The van der Waals surface area contributed by atoms with E-state index in [0.717, 1.165) is 19.4 Å². The van der Waals surface area contributed by atoms with E-state index < -0.39 is 10.7 Å². The lowest BCUT2D eigenvalue weighted by atomic mass is 10.1. The summed E-state index contributed by atoms with van der Waals surface area (Å²) >= 11 is 0. The molecular weight excluding hydrogens is 252 g/mol. The highest BCUT2D eigenvalue weighted by atomic mass is 16.7. The molecule has 2 fully saturated rings. The number of nitrogens with zero attached hydrogens (tertiary/aromatic N) is 4. The molecule has 0 bridgehead atoms. The number of hydrogen-bond acceptors (Lipinski definition) is 7. The van der Waals surface area contributed by atoms with E-state index in [1.807, 2.05) is 4.90 Å². The minimum Gasteiger partial charge on any atom is -0.346 e. The van der Waals surface area contributed by atoms with Crippen LogP contribution in [0.5, 0.6) is 0 Å². The predicted octanol–water partition coefficient (Wildman–Crippen LogP) is 0.728. The summed E-state index contributed by atoms with van der Waals surface area (Å²) in [6.45, 7) is 2.57. The van der Waals surface area contributed by atoms with E-state index in [0.29, 0.717) is 25.7 Å². The van der Waals surface area contributed by atoms with Gasteiger partial charge in [0.25, 0.3) is 0 Å². The van der Waals surface area contributed by atoms with Gasteiger partial charge in [0.05, 0.1) is 24.7 Å². The third-order valence-corrected chi connectivity index (χ3v) is 3.35. The number of aromatic nitrogens is 2. The molecule has 0 aromatic carbocycles. The Labute approximate surface area is 109 Å². The number of nitro groups is 1. The largest absolute Gasteiger partial charge is 0.346 e. The molecule has 0 aliphatic carbocycles. The predicted molar refractivity (Wildman–Crippen MR) is 64.8 cm³/mol. The molecule has 0 saturated carbocycles. The Kier molecular flexibility index (Phi) is 3.03. The molecule has 1 spiro atoms. The summed E-state index contributed by atoms with van der Waals surface area (Å²) in [5.74, 6) is -0.0765. The summed E-state index contributed by atoms with van der Waals surface area (Å²) in [7, 11) is 0. The Bertz CT molecular complexity index is 472. The smallest absolute Gasteiger partial charge is 0.305 e. The summed E-state index contributed by atoms with van der Waals surface area (Å²) in [5, 5.41) is 10.6. The van der Waals surface area contributed by atoms with Crippen molar-refractivity contribution in [3.05, 3.63) is 22.5 Å². The second-order valence-corrected chi connectivity index (χ2v) is 4.63. The van der Waals surface area contributed by atoms with Gasteiger partial charge in [-0.3, -0.25) is 10.1 Å². The minimum absolute atomic E-state index is 0.108. The molecule has 1 aromatic heterocycles. The van der Waals surface area contributed by atoms with E-state index in [9.17, 15) is 10.1 Å². The van der Waals surface area contributed by atoms with E-state index >= 15 is 0 Å². The zero-order chi connectivity index (χ0) is 13.3. The first-order chi connectivity index (χ1) is 9.19. The molecule has 0 atom stereocenters. The molecule has 0 amide bonds. The van der Waals surface area contributed by atoms with Gasteiger partial charge < -0.3 is 14.4 Å². The van der Waals surface area contributed by atoms with Crippen molar-refractivity contribution in [3.63, 3.8) is 0 Å². The molecule has 3 heterocycles. The molecule has 102 valence electrons. The van der Waals surface area contributed by atoms with Crippen LogP contribution in [0, 0.1) is 10.1 Å². The molecule has 8 heteroatoms. The maximum absolute atomic E-state index is 10.6. The van der Waals surface area contributed by atoms with Crippen molar-refractivity contribution in [2.45, 2.75) is 18.6 Å². The third-order valence-electron chi connectivity index (χ3n) is 3.35. The highest BCUT2D eigenvalue weighted by molar-refractivity contribution is 5.35. The van der Waals surface area contributed by atoms with Gasteiger partial charge in [-0.25, -0.2) is 9.97 Å². The maximum atomic E-state index is 10.6. The van der Waals surface area contributed by atoms with E-state index in [4.69, 9.17) is 9.47 Å². The molecule has 0 unspecified atom stereocenters. The van der Waals surface area contributed by atoms with Gasteiger partial charge in [-0.1, -0.05) is 0 Å². The van der Waals surface area contributed by atoms with Crippen LogP contribution >= 0.6 is 0 Å². The summed E-state index contributed by atoms with van der Waals surface area (Å²) in [6.07, 6.45) is 4.22. The summed E-state index contributed by atoms with van der Waals surface area (Å²) < 4.78 is 11.3. The first-order valence-electron chi connectivity index (χ1n) is 6.18. The van der Waals surface area contributed by atoms with Gasteiger partial charge in [0.2, 0.25) is 5.95 Å². The van der Waals surface area contributed by atoms with Crippen LogP contribution < -0.4 is 4.90 Å². The van der Waals surface area contributed by atoms with Crippen molar-refractivity contribution >= 4 is 11.6 Å². The lowest BCUT2D eigenvalue weighted by Crippen LogP contribution is -2.49. The lowest BCUT2D eigenvalue weighted by molar-refractivity contribution is -0.385. The first kappa shape index (κ1) is 12.2. The molecular formula is C11H14N4O4. The van der Waals surface area contributed by atoms with Crippen molar-refractivity contribution in [1.29, 1.82) is 0 Å². The quantitative estimate of drug-likeness (QED) is 0.575. The Morgan fingerprint density at radius 1 is 1.32 bits per heavy atom.